The molecule has 2 radical (unpaired) electrons. The second-order valence-electron chi connectivity index (χ2n) is 4.38. The number of hydrogen-bond acceptors (Lipinski definition) is 1. The van der Waals surface area contributed by atoms with Gasteiger partial charge in [0.05, 0.1) is 0 Å². The molecule has 15 heavy (non-hydrogen) atoms. The molecule has 0 unspecified atom stereocenters. The van der Waals surface area contributed by atoms with E-state index in [9.17, 15) is 0 Å². The van der Waals surface area contributed by atoms with Crippen LogP contribution in [0.4, 0.5) is 0 Å². The molecule has 0 bridgehead atoms. The first-order valence-electron chi connectivity index (χ1n) is 5.94. The van der Waals surface area contributed by atoms with Crippen LogP contribution in [-0.2, 0) is 6.54 Å². The van der Waals surface area contributed by atoms with Gasteiger partial charge in [-0.2, -0.15) is 0 Å². The predicted molar refractivity (Wildman–Crippen MR) is 66.6 cm³/mol. The van der Waals surface area contributed by atoms with Crippen LogP contribution in [0, 0.1) is 0 Å². The molecule has 1 aromatic carbocycles. The predicted octanol–water partition coefficient (Wildman–Crippen LogP) is 2.23. The van der Waals surface area contributed by atoms with Crippen LogP contribution in [0.2, 0.25) is 3.93 Å². The minimum absolute atomic E-state index is 0.335. The van der Waals surface area contributed by atoms with Crippen LogP contribution >= 0.6 is 0 Å². The van der Waals surface area contributed by atoms with Gasteiger partial charge in [0.25, 0.3) is 0 Å². The molecule has 0 heterocycles. The number of benzene rings is 1. The summed E-state index contributed by atoms with van der Waals surface area (Å²) < 4.78 is 2.74. The first-order chi connectivity index (χ1) is 7.38. The Kier molecular flexibility index (Phi) is 4.51. The zero-order valence-corrected chi connectivity index (χ0v) is 12.1. The second kappa shape index (κ2) is 5.90. The Hall–Kier alpha value is -0.0213. The molecular formula is C13H19NSn. The molecule has 0 spiro atoms. The zero-order chi connectivity index (χ0) is 10.5. The number of hydrogen-bond donors (Lipinski definition) is 1. The molecule has 0 saturated heterocycles. The standard InChI is InChI=1S/C7H8N.C6H11.Sn/c8-6-7-4-2-1-3-5-7;1-2-4-6-5-3-1;/h1-2,4-5H,6,8H2;1H,2-6H2;. The Morgan fingerprint density at radius 2 is 2.00 bits per heavy atom. The molecule has 1 fully saturated rings. The van der Waals surface area contributed by atoms with Gasteiger partial charge < -0.3 is 0 Å². The maximum atomic E-state index is 5.67. The van der Waals surface area contributed by atoms with E-state index < -0.39 is 0 Å². The topological polar surface area (TPSA) is 26.0 Å². The van der Waals surface area contributed by atoms with E-state index in [1.54, 1.807) is 3.58 Å². The number of rotatable bonds is 3. The Balaban J connectivity index is 1.96. The molecule has 0 aromatic heterocycles. The van der Waals surface area contributed by atoms with Gasteiger partial charge in [-0.05, 0) is 0 Å². The third kappa shape index (κ3) is 3.49. The monoisotopic (exact) mass is 309 g/mol. The van der Waals surface area contributed by atoms with E-state index in [2.05, 4.69) is 24.3 Å². The first kappa shape index (κ1) is 11.5. The normalized spacial score (nSPS) is 17.9. The van der Waals surface area contributed by atoms with E-state index in [1.807, 2.05) is 0 Å². The van der Waals surface area contributed by atoms with E-state index in [4.69, 9.17) is 5.73 Å². The van der Waals surface area contributed by atoms with Gasteiger partial charge in [-0.1, -0.05) is 0 Å². The Morgan fingerprint density at radius 3 is 2.73 bits per heavy atom. The van der Waals surface area contributed by atoms with Crippen molar-refractivity contribution in [2.24, 2.45) is 5.73 Å². The molecule has 0 atom stereocenters. The van der Waals surface area contributed by atoms with Crippen molar-refractivity contribution in [3.05, 3.63) is 29.8 Å². The molecule has 1 aliphatic rings. The fourth-order valence-electron chi connectivity index (χ4n) is 2.27. The van der Waals surface area contributed by atoms with Crippen LogP contribution < -0.4 is 9.31 Å². The summed E-state index contributed by atoms with van der Waals surface area (Å²) in [4.78, 5) is 0. The van der Waals surface area contributed by atoms with Crippen LogP contribution in [0.15, 0.2) is 24.3 Å². The number of nitrogens with two attached hydrogens (primary N) is 1. The van der Waals surface area contributed by atoms with Crippen LogP contribution in [0.25, 0.3) is 0 Å². The molecular weight excluding hydrogens is 289 g/mol. The third-order valence-corrected chi connectivity index (χ3v) is 7.79. The SMILES string of the molecule is NCc1ccc[c]([Sn][CH]2CCCCC2)c1. The Labute approximate surface area is 103 Å². The minimum atomic E-state index is -0.335. The van der Waals surface area contributed by atoms with Gasteiger partial charge >= 0.3 is 103 Å². The molecule has 2 rings (SSSR count). The Bertz CT molecular complexity index is 305. The molecule has 2 N–H and O–H groups in total. The van der Waals surface area contributed by atoms with Crippen molar-refractivity contribution in [2.75, 3.05) is 0 Å². The Morgan fingerprint density at radius 1 is 1.20 bits per heavy atom. The van der Waals surface area contributed by atoms with Gasteiger partial charge in [-0.15, -0.1) is 0 Å². The quantitative estimate of drug-likeness (QED) is 0.852. The third-order valence-electron chi connectivity index (χ3n) is 3.14. The fourth-order valence-corrected chi connectivity index (χ4v) is 6.92. The van der Waals surface area contributed by atoms with E-state index in [-0.39, 0.29) is 21.1 Å². The van der Waals surface area contributed by atoms with Crippen molar-refractivity contribution in [3.8, 4) is 0 Å². The molecule has 1 aromatic rings. The molecule has 2 heteroatoms. The average Bonchev–Trinajstić information content (AvgIpc) is 2.31. The van der Waals surface area contributed by atoms with Crippen LogP contribution in [0.1, 0.15) is 37.7 Å². The maximum absolute atomic E-state index is 5.67. The summed E-state index contributed by atoms with van der Waals surface area (Å²) in [5, 5.41) is 0. The van der Waals surface area contributed by atoms with Gasteiger partial charge in [0.2, 0.25) is 0 Å². The van der Waals surface area contributed by atoms with Crippen LogP contribution in [-0.4, -0.2) is 21.1 Å². The van der Waals surface area contributed by atoms with Crippen LogP contribution in [0.5, 0.6) is 0 Å². The van der Waals surface area contributed by atoms with Gasteiger partial charge in [0.15, 0.2) is 0 Å². The zero-order valence-electron chi connectivity index (χ0n) is 9.21. The molecule has 1 saturated carbocycles. The van der Waals surface area contributed by atoms with Gasteiger partial charge in [0.1, 0.15) is 0 Å². The summed E-state index contributed by atoms with van der Waals surface area (Å²) in [7, 11) is 0. The van der Waals surface area contributed by atoms with Crippen molar-refractivity contribution in [1.29, 1.82) is 0 Å². The second-order valence-corrected chi connectivity index (χ2v) is 9.19. The average molecular weight is 308 g/mol. The molecule has 1 nitrogen and oxygen atoms in total. The summed E-state index contributed by atoms with van der Waals surface area (Å²) in [6, 6.07) is 8.99. The summed E-state index contributed by atoms with van der Waals surface area (Å²) in [5.41, 5.74) is 6.98. The molecule has 1 aliphatic carbocycles. The van der Waals surface area contributed by atoms with Crippen molar-refractivity contribution < 1.29 is 0 Å². The molecule has 80 valence electrons. The van der Waals surface area contributed by atoms with Crippen molar-refractivity contribution >= 4 is 24.7 Å². The summed E-state index contributed by atoms with van der Waals surface area (Å²) >= 11 is -0.335. The summed E-state index contributed by atoms with van der Waals surface area (Å²) in [6.45, 7) is 0.692. The molecule has 0 amide bonds. The van der Waals surface area contributed by atoms with Crippen molar-refractivity contribution in [2.45, 2.75) is 42.6 Å². The van der Waals surface area contributed by atoms with Crippen LogP contribution in [0.3, 0.4) is 0 Å². The van der Waals surface area contributed by atoms with E-state index in [0.29, 0.717) is 6.54 Å². The summed E-state index contributed by atoms with van der Waals surface area (Å²) in [6.07, 6.45) is 7.42. The van der Waals surface area contributed by atoms with Gasteiger partial charge in [-0.3, -0.25) is 0 Å². The summed E-state index contributed by atoms with van der Waals surface area (Å²) in [5.74, 6) is 0. The van der Waals surface area contributed by atoms with Gasteiger partial charge in [0, 0.05) is 0 Å². The van der Waals surface area contributed by atoms with E-state index in [1.165, 1.54) is 37.7 Å². The van der Waals surface area contributed by atoms with E-state index >= 15 is 0 Å². The van der Waals surface area contributed by atoms with Crippen molar-refractivity contribution in [3.63, 3.8) is 0 Å². The van der Waals surface area contributed by atoms with E-state index in [0.717, 1.165) is 3.93 Å². The van der Waals surface area contributed by atoms with Crippen molar-refractivity contribution in [1.82, 2.24) is 0 Å². The molecule has 0 aliphatic heterocycles. The van der Waals surface area contributed by atoms with Gasteiger partial charge in [-0.25, -0.2) is 0 Å². The first-order valence-corrected chi connectivity index (χ1v) is 9.01. The fraction of sp³-hybridized carbons (Fsp3) is 0.538.